The molecule has 1 amide bonds. The Kier molecular flexibility index (Phi) is 4.98. The fourth-order valence-electron chi connectivity index (χ4n) is 2.41. The van der Waals surface area contributed by atoms with Gasteiger partial charge in [0, 0.05) is 18.7 Å². The predicted molar refractivity (Wildman–Crippen MR) is 85.9 cm³/mol. The van der Waals surface area contributed by atoms with Crippen molar-refractivity contribution in [2.24, 2.45) is 0 Å². The second kappa shape index (κ2) is 7.16. The molecule has 128 valence electrons. The van der Waals surface area contributed by atoms with Crippen LogP contribution in [0.15, 0.2) is 52.0 Å². The van der Waals surface area contributed by atoms with E-state index in [1.54, 1.807) is 29.2 Å². The number of morpholine rings is 1. The number of nitrogens with one attached hydrogen (secondary N) is 1. The molecular formula is C16H18N2O5S. The van der Waals surface area contributed by atoms with Crippen LogP contribution in [0, 0.1) is 0 Å². The number of carbonyl (C=O) groups excluding carboxylic acids is 1. The smallest absolute Gasteiger partial charge is 0.254 e. The maximum absolute atomic E-state index is 12.5. The van der Waals surface area contributed by atoms with Crippen LogP contribution in [0.1, 0.15) is 16.1 Å². The van der Waals surface area contributed by atoms with Gasteiger partial charge in [-0.2, -0.15) is 0 Å². The van der Waals surface area contributed by atoms with Crippen molar-refractivity contribution in [2.45, 2.75) is 11.4 Å². The molecular weight excluding hydrogens is 332 g/mol. The summed E-state index contributed by atoms with van der Waals surface area (Å²) in [7, 11) is -3.73. The minimum absolute atomic E-state index is 0.0492. The van der Waals surface area contributed by atoms with Crippen LogP contribution in [0.3, 0.4) is 0 Å². The van der Waals surface area contributed by atoms with Gasteiger partial charge in [0.15, 0.2) is 0 Å². The maximum Gasteiger partial charge on any atom is 0.254 e. The van der Waals surface area contributed by atoms with Crippen LogP contribution >= 0.6 is 0 Å². The average molecular weight is 350 g/mol. The third-order valence-electron chi connectivity index (χ3n) is 3.71. The quantitative estimate of drug-likeness (QED) is 0.876. The first-order valence-corrected chi connectivity index (χ1v) is 9.04. The monoisotopic (exact) mass is 350 g/mol. The summed E-state index contributed by atoms with van der Waals surface area (Å²) in [6, 6.07) is 9.40. The zero-order chi connectivity index (χ0) is 17.0. The van der Waals surface area contributed by atoms with Crippen LogP contribution in [-0.4, -0.2) is 45.5 Å². The molecule has 1 aliphatic rings. The number of hydrogen-bond donors (Lipinski definition) is 1. The number of rotatable bonds is 5. The summed E-state index contributed by atoms with van der Waals surface area (Å²) < 4.78 is 37.5. The largest absolute Gasteiger partial charge is 0.468 e. The van der Waals surface area contributed by atoms with Gasteiger partial charge in [-0.3, -0.25) is 4.79 Å². The number of hydrogen-bond acceptors (Lipinski definition) is 5. The van der Waals surface area contributed by atoms with Crippen LogP contribution in [0.2, 0.25) is 0 Å². The Morgan fingerprint density at radius 3 is 2.67 bits per heavy atom. The minimum atomic E-state index is -3.73. The molecule has 3 rings (SSSR count). The van der Waals surface area contributed by atoms with Crippen LogP contribution in [-0.2, 0) is 21.3 Å². The average Bonchev–Trinajstić information content (AvgIpc) is 3.14. The summed E-state index contributed by atoms with van der Waals surface area (Å²) in [6.07, 6.45) is 1.48. The van der Waals surface area contributed by atoms with Gasteiger partial charge in [0.25, 0.3) is 5.91 Å². The summed E-state index contributed by atoms with van der Waals surface area (Å²) in [5.74, 6) is 0.320. The Morgan fingerprint density at radius 2 is 1.96 bits per heavy atom. The van der Waals surface area contributed by atoms with Gasteiger partial charge in [0.1, 0.15) is 5.76 Å². The van der Waals surface area contributed by atoms with Crippen molar-refractivity contribution >= 4 is 15.9 Å². The number of sulfonamides is 1. The molecule has 1 fully saturated rings. The van der Waals surface area contributed by atoms with Gasteiger partial charge >= 0.3 is 0 Å². The SMILES string of the molecule is O=C(c1cccc(S(=O)(=O)NCc2ccco2)c1)N1CCOCC1. The number of nitrogens with zero attached hydrogens (tertiary/aromatic N) is 1. The Bertz CT molecular complexity index is 796. The van der Waals surface area contributed by atoms with Crippen LogP contribution in [0.25, 0.3) is 0 Å². The topological polar surface area (TPSA) is 88.8 Å². The van der Waals surface area contributed by atoms with E-state index in [0.717, 1.165) is 0 Å². The second-order valence-electron chi connectivity index (χ2n) is 5.34. The molecule has 1 saturated heterocycles. The van der Waals surface area contributed by atoms with E-state index in [-0.39, 0.29) is 17.3 Å². The second-order valence-corrected chi connectivity index (χ2v) is 7.10. The summed E-state index contributed by atoms with van der Waals surface area (Å²) in [5, 5.41) is 0. The van der Waals surface area contributed by atoms with E-state index in [1.165, 1.54) is 18.4 Å². The standard InChI is InChI=1S/C16H18N2O5S/c19-16(18-6-9-22-10-7-18)13-3-1-5-15(11-13)24(20,21)17-12-14-4-2-8-23-14/h1-5,8,11,17H,6-7,9-10,12H2. The molecule has 0 aliphatic carbocycles. The van der Waals surface area contributed by atoms with Crippen molar-refractivity contribution in [3.8, 4) is 0 Å². The molecule has 0 atom stereocenters. The Morgan fingerprint density at radius 1 is 1.17 bits per heavy atom. The number of benzene rings is 1. The molecule has 24 heavy (non-hydrogen) atoms. The van der Waals surface area contributed by atoms with Crippen LogP contribution < -0.4 is 4.72 Å². The molecule has 2 aromatic rings. The van der Waals surface area contributed by atoms with E-state index in [4.69, 9.17) is 9.15 Å². The lowest BCUT2D eigenvalue weighted by atomic mass is 10.2. The van der Waals surface area contributed by atoms with Crippen molar-refractivity contribution in [1.29, 1.82) is 0 Å². The van der Waals surface area contributed by atoms with Crippen molar-refractivity contribution in [2.75, 3.05) is 26.3 Å². The highest BCUT2D eigenvalue weighted by Crippen LogP contribution is 2.15. The fraction of sp³-hybridized carbons (Fsp3) is 0.312. The van der Waals surface area contributed by atoms with E-state index in [2.05, 4.69) is 4.72 Å². The molecule has 7 nitrogen and oxygen atoms in total. The zero-order valence-corrected chi connectivity index (χ0v) is 13.8. The molecule has 1 aromatic carbocycles. The van der Waals surface area contributed by atoms with Gasteiger partial charge in [-0.05, 0) is 30.3 Å². The Labute approximate surface area is 140 Å². The Balaban J connectivity index is 1.75. The lowest BCUT2D eigenvalue weighted by molar-refractivity contribution is 0.0302. The van der Waals surface area contributed by atoms with Crippen molar-refractivity contribution in [3.05, 3.63) is 54.0 Å². The van der Waals surface area contributed by atoms with Crippen LogP contribution in [0.5, 0.6) is 0 Å². The first-order chi connectivity index (χ1) is 11.6. The normalized spacial score (nSPS) is 15.4. The first kappa shape index (κ1) is 16.7. The number of carbonyl (C=O) groups is 1. The summed E-state index contributed by atoms with van der Waals surface area (Å²) >= 11 is 0. The first-order valence-electron chi connectivity index (χ1n) is 7.55. The third-order valence-corrected chi connectivity index (χ3v) is 5.11. The molecule has 0 spiro atoms. The molecule has 0 radical (unpaired) electrons. The highest BCUT2D eigenvalue weighted by Gasteiger charge is 2.21. The molecule has 2 heterocycles. The minimum Gasteiger partial charge on any atom is -0.468 e. The zero-order valence-electron chi connectivity index (χ0n) is 13.0. The van der Waals surface area contributed by atoms with Gasteiger partial charge < -0.3 is 14.1 Å². The number of furan rings is 1. The van der Waals surface area contributed by atoms with Gasteiger partial charge in [0.05, 0.1) is 30.9 Å². The summed E-state index contributed by atoms with van der Waals surface area (Å²) in [5.41, 5.74) is 0.345. The molecule has 0 saturated carbocycles. The molecule has 8 heteroatoms. The van der Waals surface area contributed by atoms with Crippen molar-refractivity contribution in [1.82, 2.24) is 9.62 Å². The van der Waals surface area contributed by atoms with E-state index in [1.807, 2.05) is 0 Å². The molecule has 0 unspecified atom stereocenters. The molecule has 0 bridgehead atoms. The maximum atomic E-state index is 12.5. The number of ether oxygens (including phenoxy) is 1. The van der Waals surface area contributed by atoms with E-state index < -0.39 is 10.0 Å². The Hall–Kier alpha value is -2.16. The van der Waals surface area contributed by atoms with Crippen molar-refractivity contribution < 1.29 is 22.4 Å². The van der Waals surface area contributed by atoms with E-state index in [0.29, 0.717) is 37.6 Å². The van der Waals surface area contributed by atoms with Gasteiger partial charge in [-0.15, -0.1) is 0 Å². The van der Waals surface area contributed by atoms with Gasteiger partial charge in [-0.25, -0.2) is 13.1 Å². The molecule has 1 N–H and O–H groups in total. The predicted octanol–water partition coefficient (Wildman–Crippen LogP) is 1.23. The molecule has 1 aromatic heterocycles. The van der Waals surface area contributed by atoms with Gasteiger partial charge in [-0.1, -0.05) is 6.07 Å². The summed E-state index contributed by atoms with van der Waals surface area (Å²) in [6.45, 7) is 2.05. The fourth-order valence-corrected chi connectivity index (χ4v) is 3.45. The molecule has 1 aliphatic heterocycles. The van der Waals surface area contributed by atoms with Crippen LogP contribution in [0.4, 0.5) is 0 Å². The lowest BCUT2D eigenvalue weighted by Crippen LogP contribution is -2.40. The van der Waals surface area contributed by atoms with E-state index in [9.17, 15) is 13.2 Å². The van der Waals surface area contributed by atoms with Crippen molar-refractivity contribution in [3.63, 3.8) is 0 Å². The third kappa shape index (κ3) is 3.84. The highest BCUT2D eigenvalue weighted by molar-refractivity contribution is 7.89. The van der Waals surface area contributed by atoms with E-state index >= 15 is 0 Å². The number of amides is 1. The highest BCUT2D eigenvalue weighted by atomic mass is 32.2. The van der Waals surface area contributed by atoms with Gasteiger partial charge in [0.2, 0.25) is 10.0 Å². The summed E-state index contributed by atoms with van der Waals surface area (Å²) in [4.78, 5) is 14.2. The lowest BCUT2D eigenvalue weighted by Gasteiger charge is -2.27.